The van der Waals surface area contributed by atoms with Crippen LogP contribution in [0.25, 0.3) is 35.1 Å². The van der Waals surface area contributed by atoms with E-state index in [1.165, 1.54) is 77.5 Å². The van der Waals surface area contributed by atoms with Gasteiger partial charge in [0.25, 0.3) is 0 Å². The van der Waals surface area contributed by atoms with Gasteiger partial charge in [-0.3, -0.25) is 0 Å². The highest BCUT2D eigenvalue weighted by Gasteiger charge is 2.23. The molecule has 0 fully saturated rings. The molecule has 0 amide bonds. The van der Waals surface area contributed by atoms with E-state index in [-0.39, 0.29) is 6.61 Å². The molecule has 0 saturated heterocycles. The summed E-state index contributed by atoms with van der Waals surface area (Å²) in [6, 6.07) is 31.2. The van der Waals surface area contributed by atoms with Crippen LogP contribution in [0.15, 0.2) is 129 Å². The summed E-state index contributed by atoms with van der Waals surface area (Å²) in [6.45, 7) is 23.3. The lowest BCUT2D eigenvalue weighted by Crippen LogP contribution is -2.34. The van der Waals surface area contributed by atoms with E-state index < -0.39 is 0 Å². The largest absolute Gasteiger partial charge is 0.496 e. The molecule has 5 aromatic carbocycles. The Kier molecular flexibility index (Phi) is 18.5. The van der Waals surface area contributed by atoms with Crippen molar-refractivity contribution in [1.29, 1.82) is 0 Å². The maximum Gasteiger partial charge on any atom is 0.126 e. The normalized spacial score (nSPS) is 12.1. The fraction of sp³-hybridized carbons (Fsp3) is 0.255. The maximum atomic E-state index is 8.74. The van der Waals surface area contributed by atoms with Gasteiger partial charge in [-0.1, -0.05) is 123 Å². The van der Waals surface area contributed by atoms with Crippen LogP contribution >= 0.6 is 0 Å². The Balaban J connectivity index is 0.000000194. The van der Waals surface area contributed by atoms with Gasteiger partial charge in [-0.25, -0.2) is 0 Å². The van der Waals surface area contributed by atoms with Crippen molar-refractivity contribution in [2.45, 2.75) is 53.1 Å². The quantitative estimate of drug-likeness (QED) is 0.169. The van der Waals surface area contributed by atoms with Gasteiger partial charge in [-0.05, 0) is 115 Å². The minimum atomic E-state index is 0.121. The lowest BCUT2D eigenvalue weighted by Gasteiger charge is -2.37. The average Bonchev–Trinajstić information content (AvgIpc) is 3.22. The number of hydrogen-bond donors (Lipinski definition) is 1. The first-order valence-electron chi connectivity index (χ1n) is 19.2. The summed E-state index contributed by atoms with van der Waals surface area (Å²) in [5, 5.41) is 11.3. The minimum absolute atomic E-state index is 0.121. The molecule has 0 unspecified atom stereocenters. The van der Waals surface area contributed by atoms with Crippen LogP contribution in [0.5, 0.6) is 5.75 Å². The number of nitrogens with zero attached hydrogens (tertiary/aromatic N) is 2. The molecule has 2 heterocycles. The number of hydrogen-bond acceptors (Lipinski definition) is 4. The lowest BCUT2D eigenvalue weighted by atomic mass is 9.90. The molecule has 0 bridgehead atoms. The number of rotatable bonds is 7. The van der Waals surface area contributed by atoms with Crippen LogP contribution in [0, 0.1) is 6.92 Å². The van der Waals surface area contributed by atoms with E-state index in [9.17, 15) is 0 Å². The van der Waals surface area contributed by atoms with Gasteiger partial charge < -0.3 is 19.6 Å². The van der Waals surface area contributed by atoms with Gasteiger partial charge in [0, 0.05) is 49.5 Å². The van der Waals surface area contributed by atoms with Gasteiger partial charge in [0.1, 0.15) is 5.75 Å². The van der Waals surface area contributed by atoms with Gasteiger partial charge >= 0.3 is 0 Å². The number of anilines is 2. The molecule has 2 aliphatic heterocycles. The molecule has 0 aromatic heterocycles. The molecule has 7 rings (SSSR count). The van der Waals surface area contributed by atoms with Crippen molar-refractivity contribution in [2.75, 3.05) is 44.1 Å². The van der Waals surface area contributed by atoms with E-state index in [0.29, 0.717) is 0 Å². The fourth-order valence-electron chi connectivity index (χ4n) is 6.74. The van der Waals surface area contributed by atoms with Gasteiger partial charge in [0.15, 0.2) is 0 Å². The smallest absolute Gasteiger partial charge is 0.126 e. The molecule has 4 nitrogen and oxygen atoms in total. The summed E-state index contributed by atoms with van der Waals surface area (Å²) < 4.78 is 5.15. The highest BCUT2D eigenvalue weighted by Crippen LogP contribution is 2.36. The number of allylic oxidation sites excluding steroid dienone is 2. The number of aryl methyl sites for hydroxylation is 3. The summed E-state index contributed by atoms with van der Waals surface area (Å²) in [6.07, 6.45) is 16.6. The predicted octanol–water partition coefficient (Wildman–Crippen LogP) is 12.6. The third-order valence-electron chi connectivity index (χ3n) is 9.36. The number of fused-ring (bicyclic) bond motifs is 1. The first-order valence-corrected chi connectivity index (χ1v) is 19.2. The second-order valence-corrected chi connectivity index (χ2v) is 13.7. The molecule has 4 heteroatoms. The topological polar surface area (TPSA) is 35.9 Å². The molecule has 0 radical (unpaired) electrons. The van der Waals surface area contributed by atoms with Crippen molar-refractivity contribution < 1.29 is 9.84 Å². The molecule has 1 N–H and O–H groups in total. The van der Waals surface area contributed by atoms with Crippen molar-refractivity contribution in [3.63, 3.8) is 0 Å². The van der Waals surface area contributed by atoms with Crippen molar-refractivity contribution in [2.24, 2.45) is 0 Å². The second-order valence-electron chi connectivity index (χ2n) is 13.7. The van der Waals surface area contributed by atoms with Crippen LogP contribution in [0.4, 0.5) is 11.4 Å². The molecule has 0 aliphatic carbocycles. The van der Waals surface area contributed by atoms with E-state index in [1.54, 1.807) is 36.1 Å². The Morgan fingerprint density at radius 3 is 1.82 bits per heavy atom. The van der Waals surface area contributed by atoms with Crippen molar-refractivity contribution in [3.05, 3.63) is 174 Å². The zero-order valence-corrected chi connectivity index (χ0v) is 34.2. The number of benzene rings is 5. The van der Waals surface area contributed by atoms with Crippen molar-refractivity contribution in [3.8, 4) is 5.75 Å². The highest BCUT2D eigenvalue weighted by molar-refractivity contribution is 5.99. The summed E-state index contributed by atoms with van der Waals surface area (Å²) >= 11 is 0. The van der Waals surface area contributed by atoms with Gasteiger partial charge in [-0.15, -0.1) is 6.58 Å². The molecule has 5 aromatic rings. The van der Waals surface area contributed by atoms with Crippen LogP contribution in [0.2, 0.25) is 0 Å². The van der Waals surface area contributed by atoms with Crippen LogP contribution < -0.4 is 14.5 Å². The summed E-state index contributed by atoms with van der Waals surface area (Å²) in [5.74, 6) is 0.889. The number of aliphatic hydroxyl groups excluding tert-OH is 1. The van der Waals surface area contributed by atoms with Crippen molar-refractivity contribution >= 4 is 46.5 Å². The Labute approximate surface area is 332 Å². The zero-order valence-electron chi connectivity index (χ0n) is 34.2. The maximum absolute atomic E-state index is 8.74. The minimum Gasteiger partial charge on any atom is -0.496 e. The molecule has 0 atom stereocenters. The average molecular weight is 735 g/mol. The summed E-state index contributed by atoms with van der Waals surface area (Å²) in [7, 11) is 5.80. The first kappa shape index (κ1) is 43.8. The Hall–Kier alpha value is -5.58. The second kappa shape index (κ2) is 23.3. The van der Waals surface area contributed by atoms with Crippen LogP contribution in [-0.2, 0) is 19.4 Å². The van der Waals surface area contributed by atoms with E-state index in [4.69, 9.17) is 9.84 Å². The first-order chi connectivity index (χ1) is 26.7. The predicted molar refractivity (Wildman–Crippen MR) is 245 cm³/mol. The van der Waals surface area contributed by atoms with Crippen LogP contribution in [0.1, 0.15) is 71.2 Å². The summed E-state index contributed by atoms with van der Waals surface area (Å²) in [4.78, 5) is 4.71. The van der Waals surface area contributed by atoms with Crippen molar-refractivity contribution in [1.82, 2.24) is 0 Å². The molecular formula is C51H62N2O2. The SMILES string of the molecule is C/C=C/c1ccc(CO)cc1.C=CC.C=Cc1cc2c3c(c1)CCCN3CCC2.C=Cc1ccc(C)cc1OC.C=Cc1ccc(N(C)C)c2ccccc12. The molecule has 0 spiro atoms. The van der Waals surface area contributed by atoms with E-state index in [1.807, 2.05) is 87.5 Å². The number of aliphatic hydroxyl groups is 1. The van der Waals surface area contributed by atoms with Gasteiger partial charge in [0.05, 0.1) is 13.7 Å². The zero-order chi connectivity index (χ0) is 40.2. The van der Waals surface area contributed by atoms with Gasteiger partial charge in [0.2, 0.25) is 0 Å². The Morgan fingerprint density at radius 2 is 1.31 bits per heavy atom. The lowest BCUT2D eigenvalue weighted by molar-refractivity contribution is 0.282. The molecule has 0 saturated carbocycles. The van der Waals surface area contributed by atoms with Crippen LogP contribution in [0.3, 0.4) is 0 Å². The molecular weight excluding hydrogens is 673 g/mol. The third kappa shape index (κ3) is 12.8. The summed E-state index contributed by atoms with van der Waals surface area (Å²) in [5.41, 5.74) is 12.8. The van der Waals surface area contributed by atoms with Gasteiger partial charge in [-0.2, -0.15) is 0 Å². The highest BCUT2D eigenvalue weighted by atomic mass is 16.5. The third-order valence-corrected chi connectivity index (χ3v) is 9.36. The standard InChI is InChI=1S/C14H17N.C14H15N.2C10H12O.C3H6/c1-2-11-9-12-5-3-7-15-8-4-6-13(10-11)14(12)15;1-4-11-9-10-14(15(2)3)13-8-6-5-7-12(11)13;1-4-9-6-5-8(2)7-10(9)11-3;1-2-3-9-4-6-10(8-11)7-5-9;1-3-2/h2,9-10H,1,3-8H2;4-10H,1H2,2-3H3;4-7H,1H2,2-3H3;2-7,11H,8H2,1H3;3H,1H2,2H3/b;;;3-2+;. The number of methoxy groups -OCH3 is 1. The molecule has 2 aliphatic rings. The fourth-order valence-corrected chi connectivity index (χ4v) is 6.74. The Bertz CT molecular complexity index is 1990. The molecule has 55 heavy (non-hydrogen) atoms. The molecule has 288 valence electrons. The Morgan fingerprint density at radius 1 is 0.727 bits per heavy atom. The van der Waals surface area contributed by atoms with Crippen LogP contribution in [-0.4, -0.2) is 39.4 Å². The number of ether oxygens (including phenoxy) is 1. The van der Waals surface area contributed by atoms with E-state index in [2.05, 4.69) is 98.7 Å². The van der Waals surface area contributed by atoms with E-state index >= 15 is 0 Å². The van der Waals surface area contributed by atoms with E-state index in [0.717, 1.165) is 16.9 Å². The monoisotopic (exact) mass is 734 g/mol.